The molecule has 5 heteroatoms. The minimum Gasteiger partial charge on any atom is -0.238 e. The molecule has 0 bridgehead atoms. The van der Waals surface area contributed by atoms with Crippen molar-refractivity contribution >= 4 is 11.6 Å². The van der Waals surface area contributed by atoms with Gasteiger partial charge in [-0.15, -0.1) is 11.6 Å². The predicted molar refractivity (Wildman–Crippen MR) is 37.6 cm³/mol. The molecule has 70 valence electrons. The number of rotatable bonds is 0. The number of hydrogen-bond acceptors (Lipinski definition) is 0. The zero-order valence-corrected chi connectivity index (χ0v) is 7.30. The Labute approximate surface area is 68.5 Å². The fourth-order valence-corrected chi connectivity index (χ4v) is 0. The summed E-state index contributed by atoms with van der Waals surface area (Å²) < 4.78 is 43.5. The van der Waals surface area contributed by atoms with E-state index in [1.807, 2.05) is 13.8 Å². The molecule has 0 aromatic heterocycles. The van der Waals surface area contributed by atoms with Crippen LogP contribution in [0.5, 0.6) is 0 Å². The second kappa shape index (κ2) is 5.63. The molecule has 1 atom stereocenters. The van der Waals surface area contributed by atoms with Crippen molar-refractivity contribution in [1.29, 1.82) is 0 Å². The van der Waals surface area contributed by atoms with Crippen LogP contribution in [0, 0.1) is 0 Å². The molecule has 1 unspecified atom stereocenters. The van der Waals surface area contributed by atoms with Crippen molar-refractivity contribution in [2.45, 2.75) is 38.5 Å². The van der Waals surface area contributed by atoms with Crippen molar-refractivity contribution in [2.75, 3.05) is 0 Å². The van der Waals surface area contributed by atoms with E-state index in [9.17, 15) is 17.6 Å². The summed E-state index contributed by atoms with van der Waals surface area (Å²) in [6.45, 7) is 4.32. The van der Waals surface area contributed by atoms with E-state index in [4.69, 9.17) is 11.6 Å². The minimum absolute atomic E-state index is 0.306. The Balaban J connectivity index is 0. The van der Waals surface area contributed by atoms with E-state index in [-0.39, 0.29) is 0 Å². The number of halogens is 5. The van der Waals surface area contributed by atoms with E-state index in [1.165, 1.54) is 0 Å². The molecule has 0 rings (SSSR count). The van der Waals surface area contributed by atoms with Crippen LogP contribution < -0.4 is 0 Å². The van der Waals surface area contributed by atoms with Crippen molar-refractivity contribution in [3.8, 4) is 0 Å². The van der Waals surface area contributed by atoms with Crippen molar-refractivity contribution < 1.29 is 17.6 Å². The lowest BCUT2D eigenvalue weighted by Gasteiger charge is -2.04. The molecule has 0 saturated carbocycles. The summed E-state index contributed by atoms with van der Waals surface area (Å²) in [5.41, 5.74) is 0. The summed E-state index contributed by atoms with van der Waals surface area (Å²) >= 11 is 5.27. The molecular weight excluding hydrogens is 184 g/mol. The highest BCUT2D eigenvalue weighted by Crippen LogP contribution is 2.21. The van der Waals surface area contributed by atoms with Gasteiger partial charge in [-0.05, 0) is 20.8 Å². The Kier molecular flexibility index (Phi) is 6.96. The zero-order valence-electron chi connectivity index (χ0n) is 6.54. The second-order valence-corrected chi connectivity index (χ2v) is 3.04. The van der Waals surface area contributed by atoms with Crippen LogP contribution in [0.3, 0.4) is 0 Å². The van der Waals surface area contributed by atoms with E-state index in [1.54, 1.807) is 0 Å². The van der Waals surface area contributed by atoms with Crippen LogP contribution in [0.4, 0.5) is 17.6 Å². The highest BCUT2D eigenvalue weighted by atomic mass is 35.5. The van der Waals surface area contributed by atoms with Crippen LogP contribution in [0.1, 0.15) is 20.8 Å². The summed E-state index contributed by atoms with van der Waals surface area (Å²) in [7, 11) is 0. The topological polar surface area (TPSA) is 0 Å². The van der Waals surface area contributed by atoms with Crippen LogP contribution in [-0.2, 0) is 0 Å². The maximum atomic E-state index is 11.1. The zero-order chi connectivity index (χ0) is 9.65. The van der Waals surface area contributed by atoms with Gasteiger partial charge in [0.2, 0.25) is 0 Å². The molecule has 0 spiro atoms. The largest absolute Gasteiger partial charge is 0.419 e. The average Bonchev–Trinajstić information content (AvgIpc) is 1.59. The molecule has 0 nitrogen and oxygen atoms in total. The van der Waals surface area contributed by atoms with Crippen molar-refractivity contribution in [3.63, 3.8) is 0 Å². The molecule has 0 radical (unpaired) electrons. The Morgan fingerprint density at radius 1 is 1.09 bits per heavy atom. The first kappa shape index (κ1) is 13.6. The monoisotopic (exact) mass is 194 g/mol. The van der Waals surface area contributed by atoms with Gasteiger partial charge in [0.05, 0.1) is 0 Å². The van der Waals surface area contributed by atoms with Gasteiger partial charge in [-0.3, -0.25) is 0 Å². The van der Waals surface area contributed by atoms with Crippen molar-refractivity contribution in [2.24, 2.45) is 0 Å². The molecule has 0 heterocycles. The second-order valence-electron chi connectivity index (χ2n) is 2.17. The smallest absolute Gasteiger partial charge is 0.238 e. The van der Waals surface area contributed by atoms with Gasteiger partial charge in [-0.1, -0.05) is 0 Å². The van der Waals surface area contributed by atoms with Crippen molar-refractivity contribution in [3.05, 3.63) is 0 Å². The van der Waals surface area contributed by atoms with Gasteiger partial charge in [0.1, 0.15) is 0 Å². The predicted octanol–water partition coefficient (Wildman–Crippen LogP) is 3.54. The van der Waals surface area contributed by atoms with E-state index >= 15 is 0 Å². The lowest BCUT2D eigenvalue weighted by atomic mass is 10.4. The fourth-order valence-electron chi connectivity index (χ4n) is 0. The van der Waals surface area contributed by atoms with Gasteiger partial charge < -0.3 is 0 Å². The SMILES string of the molecule is CC(C)Cl.CC(F)C(F)(F)F. The first-order chi connectivity index (χ1) is 4.68. The molecule has 0 aliphatic heterocycles. The molecular formula is C6H11ClF4. The van der Waals surface area contributed by atoms with E-state index in [2.05, 4.69) is 0 Å². The average molecular weight is 195 g/mol. The Bertz CT molecular complexity index is 84.3. The normalized spacial score (nSPS) is 13.9. The molecule has 0 aromatic carbocycles. The van der Waals surface area contributed by atoms with Crippen LogP contribution >= 0.6 is 11.6 Å². The molecule has 0 amide bonds. The molecule has 11 heavy (non-hydrogen) atoms. The fraction of sp³-hybridized carbons (Fsp3) is 1.00. The van der Waals surface area contributed by atoms with Crippen LogP contribution in [0.15, 0.2) is 0 Å². The van der Waals surface area contributed by atoms with Crippen LogP contribution in [0.2, 0.25) is 0 Å². The Hall–Kier alpha value is 0.01000. The van der Waals surface area contributed by atoms with Crippen LogP contribution in [0.25, 0.3) is 0 Å². The minimum atomic E-state index is -4.67. The van der Waals surface area contributed by atoms with Crippen molar-refractivity contribution in [1.82, 2.24) is 0 Å². The quantitative estimate of drug-likeness (QED) is 0.409. The third-order valence-electron chi connectivity index (χ3n) is 0.451. The molecule has 0 aromatic rings. The Morgan fingerprint density at radius 2 is 1.18 bits per heavy atom. The summed E-state index contributed by atoms with van der Waals surface area (Å²) in [6.07, 6.45) is -7.37. The standard InChI is InChI=1S/C3H7Cl.C3H4F4/c1-3(2)4;1-2(4)3(5,6)7/h3H,1-2H3;2H,1H3. The molecule has 0 saturated heterocycles. The lowest BCUT2D eigenvalue weighted by molar-refractivity contribution is -0.174. The van der Waals surface area contributed by atoms with Gasteiger partial charge in [0.15, 0.2) is 6.17 Å². The molecule has 0 fully saturated rings. The summed E-state index contributed by atoms with van der Waals surface area (Å²) in [4.78, 5) is 0. The number of hydrogen-bond donors (Lipinski definition) is 0. The maximum Gasteiger partial charge on any atom is 0.419 e. The van der Waals surface area contributed by atoms with Gasteiger partial charge in [0.25, 0.3) is 0 Å². The number of alkyl halides is 5. The molecule has 0 aliphatic carbocycles. The van der Waals surface area contributed by atoms with E-state index < -0.39 is 12.3 Å². The van der Waals surface area contributed by atoms with Gasteiger partial charge in [0, 0.05) is 5.38 Å². The molecule has 0 aliphatic rings. The third kappa shape index (κ3) is 17.8. The summed E-state index contributed by atoms with van der Waals surface area (Å²) in [5.74, 6) is 0. The van der Waals surface area contributed by atoms with Gasteiger partial charge >= 0.3 is 6.18 Å². The summed E-state index contributed by atoms with van der Waals surface area (Å²) in [5, 5.41) is 0.306. The first-order valence-electron chi connectivity index (χ1n) is 3.02. The third-order valence-corrected chi connectivity index (χ3v) is 0.451. The van der Waals surface area contributed by atoms with Gasteiger partial charge in [-0.2, -0.15) is 13.2 Å². The Morgan fingerprint density at radius 3 is 1.18 bits per heavy atom. The first-order valence-corrected chi connectivity index (χ1v) is 3.46. The highest BCUT2D eigenvalue weighted by molar-refractivity contribution is 6.20. The van der Waals surface area contributed by atoms with E-state index in [0.717, 1.165) is 0 Å². The summed E-state index contributed by atoms with van der Waals surface area (Å²) in [6, 6.07) is 0. The van der Waals surface area contributed by atoms with Gasteiger partial charge in [-0.25, -0.2) is 4.39 Å². The maximum absolute atomic E-state index is 11.1. The van der Waals surface area contributed by atoms with E-state index in [0.29, 0.717) is 12.3 Å². The lowest BCUT2D eigenvalue weighted by Crippen LogP contribution is -2.20. The molecule has 0 N–H and O–H groups in total. The van der Waals surface area contributed by atoms with Crippen LogP contribution in [-0.4, -0.2) is 17.7 Å². The highest BCUT2D eigenvalue weighted by Gasteiger charge is 2.35.